The molecule has 0 aliphatic carbocycles. The van der Waals surface area contributed by atoms with Gasteiger partial charge in [0, 0.05) is 18.8 Å². The van der Waals surface area contributed by atoms with Crippen molar-refractivity contribution in [3.8, 4) is 0 Å². The molecule has 1 atom stereocenters. The molecule has 1 saturated heterocycles. The van der Waals surface area contributed by atoms with E-state index in [2.05, 4.69) is 0 Å². The van der Waals surface area contributed by atoms with Crippen LogP contribution in [0.2, 0.25) is 0 Å². The first-order valence-corrected chi connectivity index (χ1v) is 10.2. The van der Waals surface area contributed by atoms with Crippen LogP contribution in [0.5, 0.6) is 0 Å². The molecule has 7 heteroatoms. The number of likely N-dealkylation sites (N-methyl/N-ethyl adjacent to an activating group) is 1. The maximum atomic E-state index is 13.0. The normalized spacial score (nSPS) is 19.3. The van der Waals surface area contributed by atoms with Crippen LogP contribution in [0.1, 0.15) is 25.0 Å². The van der Waals surface area contributed by atoms with Crippen molar-refractivity contribution >= 4 is 27.7 Å². The summed E-state index contributed by atoms with van der Waals surface area (Å²) < 4.78 is 27.4. The summed E-state index contributed by atoms with van der Waals surface area (Å²) in [6.07, 6.45) is 0. The SMILES string of the molecule is Cc1ccc(S(=O)(=O)N2CSC[C@H]2C(=O)N(C)C(C)C)c(C)c1. The molecule has 1 amide bonds. The van der Waals surface area contributed by atoms with Crippen LogP contribution in [-0.2, 0) is 14.8 Å². The van der Waals surface area contributed by atoms with Gasteiger partial charge in [0.2, 0.25) is 15.9 Å². The van der Waals surface area contributed by atoms with Gasteiger partial charge in [0.1, 0.15) is 6.04 Å². The van der Waals surface area contributed by atoms with Crippen molar-refractivity contribution in [2.75, 3.05) is 18.7 Å². The molecule has 0 unspecified atom stereocenters. The Morgan fingerprint density at radius 2 is 2.00 bits per heavy atom. The van der Waals surface area contributed by atoms with E-state index in [9.17, 15) is 13.2 Å². The minimum atomic E-state index is -3.67. The fraction of sp³-hybridized carbons (Fsp3) is 0.562. The molecule has 1 aromatic rings. The predicted molar refractivity (Wildman–Crippen MR) is 94.0 cm³/mol. The summed E-state index contributed by atoms with van der Waals surface area (Å²) in [5.74, 6) is 0.677. The van der Waals surface area contributed by atoms with Crippen LogP contribution in [0, 0.1) is 13.8 Å². The van der Waals surface area contributed by atoms with E-state index in [1.54, 1.807) is 31.0 Å². The Morgan fingerprint density at radius 3 is 2.57 bits per heavy atom. The highest BCUT2D eigenvalue weighted by Crippen LogP contribution is 2.31. The Kier molecular flexibility index (Phi) is 5.43. The molecule has 0 spiro atoms. The van der Waals surface area contributed by atoms with Crippen molar-refractivity contribution in [1.82, 2.24) is 9.21 Å². The van der Waals surface area contributed by atoms with Crippen LogP contribution >= 0.6 is 11.8 Å². The minimum absolute atomic E-state index is 0.0405. The summed E-state index contributed by atoms with van der Waals surface area (Å²) in [6, 6.07) is 4.70. The third kappa shape index (κ3) is 3.56. The van der Waals surface area contributed by atoms with E-state index in [1.165, 1.54) is 16.1 Å². The van der Waals surface area contributed by atoms with Crippen molar-refractivity contribution in [3.05, 3.63) is 29.3 Å². The second-order valence-electron chi connectivity index (χ2n) is 6.22. The van der Waals surface area contributed by atoms with E-state index >= 15 is 0 Å². The molecule has 1 heterocycles. The van der Waals surface area contributed by atoms with E-state index in [1.807, 2.05) is 26.8 Å². The largest absolute Gasteiger partial charge is 0.342 e. The van der Waals surface area contributed by atoms with Crippen molar-refractivity contribution in [2.45, 2.75) is 44.7 Å². The van der Waals surface area contributed by atoms with E-state index < -0.39 is 16.1 Å². The second-order valence-corrected chi connectivity index (χ2v) is 9.08. The monoisotopic (exact) mass is 356 g/mol. The molecule has 1 fully saturated rings. The van der Waals surface area contributed by atoms with Gasteiger partial charge in [-0.25, -0.2) is 8.42 Å². The van der Waals surface area contributed by atoms with Crippen LogP contribution in [0.4, 0.5) is 0 Å². The van der Waals surface area contributed by atoms with E-state index in [0.29, 0.717) is 17.2 Å². The zero-order chi connectivity index (χ0) is 17.4. The minimum Gasteiger partial charge on any atom is -0.342 e. The predicted octanol–water partition coefficient (Wildman–Crippen LogP) is 2.23. The number of aryl methyl sites for hydroxylation is 2. The number of hydrogen-bond donors (Lipinski definition) is 0. The van der Waals surface area contributed by atoms with Crippen LogP contribution in [-0.4, -0.2) is 54.3 Å². The van der Waals surface area contributed by atoms with Gasteiger partial charge in [-0.15, -0.1) is 11.8 Å². The Morgan fingerprint density at radius 1 is 1.35 bits per heavy atom. The maximum Gasteiger partial charge on any atom is 0.244 e. The summed E-state index contributed by atoms with van der Waals surface area (Å²) in [4.78, 5) is 14.5. The topological polar surface area (TPSA) is 57.7 Å². The third-order valence-corrected chi connectivity index (χ3v) is 7.36. The number of benzene rings is 1. The maximum absolute atomic E-state index is 13.0. The molecule has 23 heavy (non-hydrogen) atoms. The summed E-state index contributed by atoms with van der Waals surface area (Å²) in [6.45, 7) is 7.56. The highest BCUT2D eigenvalue weighted by molar-refractivity contribution is 8.00. The first-order chi connectivity index (χ1) is 10.7. The molecule has 1 aromatic carbocycles. The van der Waals surface area contributed by atoms with Gasteiger partial charge >= 0.3 is 0 Å². The molecule has 0 aromatic heterocycles. The van der Waals surface area contributed by atoms with E-state index in [-0.39, 0.29) is 16.8 Å². The summed E-state index contributed by atoms with van der Waals surface area (Å²) in [7, 11) is -1.95. The fourth-order valence-electron chi connectivity index (χ4n) is 2.56. The molecule has 2 rings (SSSR count). The van der Waals surface area contributed by atoms with E-state index in [4.69, 9.17) is 0 Å². The van der Waals surface area contributed by atoms with Gasteiger partial charge in [-0.05, 0) is 39.3 Å². The fourth-order valence-corrected chi connectivity index (χ4v) is 5.91. The highest BCUT2D eigenvalue weighted by Gasteiger charge is 2.41. The lowest BCUT2D eigenvalue weighted by Crippen LogP contribution is -2.49. The highest BCUT2D eigenvalue weighted by atomic mass is 32.2. The van der Waals surface area contributed by atoms with Crippen LogP contribution in [0.25, 0.3) is 0 Å². The Bertz CT molecular complexity index is 701. The first-order valence-electron chi connectivity index (χ1n) is 7.59. The molecule has 0 bridgehead atoms. The van der Waals surface area contributed by atoms with Crippen molar-refractivity contribution < 1.29 is 13.2 Å². The Labute approximate surface area is 143 Å². The summed E-state index contributed by atoms with van der Waals surface area (Å²) in [5, 5.41) is 0. The Hall–Kier alpha value is -1.05. The van der Waals surface area contributed by atoms with Crippen LogP contribution < -0.4 is 0 Å². The molecule has 128 valence electrons. The molecule has 0 saturated carbocycles. The molecular weight excluding hydrogens is 332 g/mol. The molecular formula is C16H24N2O3S2. The summed E-state index contributed by atoms with van der Waals surface area (Å²) in [5.41, 5.74) is 1.73. The van der Waals surface area contributed by atoms with Gasteiger partial charge in [-0.3, -0.25) is 4.79 Å². The molecule has 1 aliphatic heterocycles. The van der Waals surface area contributed by atoms with Gasteiger partial charge in [0.25, 0.3) is 0 Å². The van der Waals surface area contributed by atoms with Gasteiger partial charge < -0.3 is 4.90 Å². The lowest BCUT2D eigenvalue weighted by molar-refractivity contribution is -0.134. The number of carbonyl (C=O) groups is 1. The number of rotatable bonds is 4. The quantitative estimate of drug-likeness (QED) is 0.830. The van der Waals surface area contributed by atoms with Crippen molar-refractivity contribution in [1.29, 1.82) is 0 Å². The van der Waals surface area contributed by atoms with Crippen LogP contribution in [0.15, 0.2) is 23.1 Å². The van der Waals surface area contributed by atoms with Gasteiger partial charge in [-0.1, -0.05) is 17.7 Å². The van der Waals surface area contributed by atoms with Crippen LogP contribution in [0.3, 0.4) is 0 Å². The standard InChI is InChI=1S/C16H24N2O3S2/c1-11(2)17(5)16(19)14-9-22-10-18(14)23(20,21)15-7-6-12(3)8-13(15)4/h6-8,11,14H,9-10H2,1-5H3/t14-/m0/s1. The average molecular weight is 357 g/mol. The lowest BCUT2D eigenvalue weighted by Gasteiger charge is -2.29. The van der Waals surface area contributed by atoms with E-state index in [0.717, 1.165) is 5.56 Å². The number of nitrogens with zero attached hydrogens (tertiary/aromatic N) is 2. The average Bonchev–Trinajstić information content (AvgIpc) is 2.95. The van der Waals surface area contributed by atoms with Gasteiger partial charge in [-0.2, -0.15) is 4.31 Å². The number of carbonyl (C=O) groups excluding carboxylic acids is 1. The number of thioether (sulfide) groups is 1. The van der Waals surface area contributed by atoms with Crippen molar-refractivity contribution in [2.24, 2.45) is 0 Å². The lowest BCUT2D eigenvalue weighted by atomic mass is 10.2. The number of amides is 1. The zero-order valence-electron chi connectivity index (χ0n) is 14.2. The number of sulfonamides is 1. The first kappa shape index (κ1) is 18.3. The second kappa shape index (κ2) is 6.83. The third-order valence-electron chi connectivity index (χ3n) is 4.17. The number of hydrogen-bond acceptors (Lipinski definition) is 4. The Balaban J connectivity index is 2.37. The zero-order valence-corrected chi connectivity index (χ0v) is 15.9. The van der Waals surface area contributed by atoms with Crippen molar-refractivity contribution in [3.63, 3.8) is 0 Å². The molecule has 1 aliphatic rings. The van der Waals surface area contributed by atoms with Gasteiger partial charge in [0.05, 0.1) is 10.8 Å². The molecule has 5 nitrogen and oxygen atoms in total. The van der Waals surface area contributed by atoms with Gasteiger partial charge in [0.15, 0.2) is 0 Å². The summed E-state index contributed by atoms with van der Waals surface area (Å²) >= 11 is 1.48. The molecule has 0 radical (unpaired) electrons. The molecule has 0 N–H and O–H groups in total. The smallest absolute Gasteiger partial charge is 0.244 e.